The lowest BCUT2D eigenvalue weighted by atomic mass is 10.0. The first-order chi connectivity index (χ1) is 9.86. The Hall–Kier alpha value is -1.45. The zero-order valence-corrected chi connectivity index (χ0v) is 12.5. The third-order valence-electron chi connectivity index (χ3n) is 3.67. The predicted molar refractivity (Wildman–Crippen MR) is 84.4 cm³/mol. The van der Waals surface area contributed by atoms with Gasteiger partial charge in [0.15, 0.2) is 0 Å². The number of ether oxygens (including phenoxy) is 1. The molecule has 3 rings (SSSR count). The van der Waals surface area contributed by atoms with Crippen molar-refractivity contribution in [3.63, 3.8) is 0 Å². The summed E-state index contributed by atoms with van der Waals surface area (Å²) in [5, 5.41) is 3.64. The van der Waals surface area contributed by atoms with Crippen LogP contribution in [0.25, 0.3) is 0 Å². The molecule has 1 aliphatic heterocycles. The number of hydrogen-bond donors (Lipinski definition) is 1. The molecule has 1 aliphatic rings. The fourth-order valence-corrected chi connectivity index (χ4v) is 2.95. The van der Waals surface area contributed by atoms with E-state index in [9.17, 15) is 0 Å². The number of nitrogens with one attached hydrogen (secondary N) is 1. The molecule has 0 aliphatic carbocycles. The number of para-hydroxylation sites is 1. The van der Waals surface area contributed by atoms with Crippen LogP contribution in [0.1, 0.15) is 23.6 Å². The Kier molecular flexibility index (Phi) is 4.28. The Balaban J connectivity index is 1.66. The Morgan fingerprint density at radius 2 is 1.95 bits per heavy atom. The van der Waals surface area contributed by atoms with E-state index >= 15 is 0 Å². The molecule has 0 aromatic heterocycles. The van der Waals surface area contributed by atoms with Gasteiger partial charge in [0, 0.05) is 29.5 Å². The van der Waals surface area contributed by atoms with Crippen molar-refractivity contribution in [2.45, 2.75) is 23.9 Å². The Morgan fingerprint density at radius 1 is 1.15 bits per heavy atom. The summed E-state index contributed by atoms with van der Waals surface area (Å²) in [5.41, 5.74) is 2.60. The van der Waals surface area contributed by atoms with Gasteiger partial charge in [-0.3, -0.25) is 0 Å². The molecular formula is C17H19NOS. The highest BCUT2D eigenvalue weighted by Gasteiger charge is 2.20. The van der Waals surface area contributed by atoms with Gasteiger partial charge in [-0.2, -0.15) is 0 Å². The fourth-order valence-electron chi connectivity index (χ4n) is 2.54. The second-order valence-electron chi connectivity index (χ2n) is 4.96. The maximum Gasteiger partial charge on any atom is 0.124 e. The molecule has 0 spiro atoms. The lowest BCUT2D eigenvalue weighted by Gasteiger charge is -2.26. The van der Waals surface area contributed by atoms with Crippen molar-refractivity contribution < 1.29 is 4.74 Å². The number of benzene rings is 2. The normalized spacial score (nSPS) is 17.4. The number of hydrogen-bond acceptors (Lipinski definition) is 3. The second kappa shape index (κ2) is 6.33. The smallest absolute Gasteiger partial charge is 0.124 e. The number of thioether (sulfide) groups is 1. The van der Waals surface area contributed by atoms with E-state index < -0.39 is 0 Å². The van der Waals surface area contributed by atoms with Gasteiger partial charge in [0.2, 0.25) is 0 Å². The van der Waals surface area contributed by atoms with Gasteiger partial charge in [0.25, 0.3) is 0 Å². The summed E-state index contributed by atoms with van der Waals surface area (Å²) in [5.74, 6) is 1.02. The predicted octanol–water partition coefficient (Wildman–Crippen LogP) is 4.02. The number of rotatable bonds is 4. The van der Waals surface area contributed by atoms with E-state index in [1.165, 1.54) is 16.0 Å². The van der Waals surface area contributed by atoms with Crippen LogP contribution in [0.15, 0.2) is 53.4 Å². The molecule has 3 heteroatoms. The van der Waals surface area contributed by atoms with E-state index in [1.807, 2.05) is 6.07 Å². The molecule has 2 nitrogen and oxygen atoms in total. The first-order valence-electron chi connectivity index (χ1n) is 6.95. The average Bonchev–Trinajstić information content (AvgIpc) is 2.53. The fraction of sp³-hybridized carbons (Fsp3) is 0.294. The largest absolute Gasteiger partial charge is 0.493 e. The highest BCUT2D eigenvalue weighted by molar-refractivity contribution is 7.98. The molecule has 0 saturated carbocycles. The molecule has 2 aromatic carbocycles. The standard InChI is InChI=1S/C17H19NOS/c1-20-14-8-6-13(7-9-14)12-18-16-10-11-19-17-5-3-2-4-15(16)17/h2-9,16,18H,10-12H2,1H3. The summed E-state index contributed by atoms with van der Waals surface area (Å²) >= 11 is 1.78. The molecule has 2 aromatic rings. The molecule has 0 bridgehead atoms. The Bertz CT molecular complexity index is 567. The number of fused-ring (bicyclic) bond motifs is 1. The average molecular weight is 285 g/mol. The molecule has 1 N–H and O–H groups in total. The van der Waals surface area contributed by atoms with Crippen molar-refractivity contribution in [1.29, 1.82) is 0 Å². The minimum absolute atomic E-state index is 0.389. The highest BCUT2D eigenvalue weighted by atomic mass is 32.2. The first kappa shape index (κ1) is 13.5. The van der Waals surface area contributed by atoms with E-state index in [0.717, 1.165) is 25.3 Å². The van der Waals surface area contributed by atoms with Gasteiger partial charge in [-0.1, -0.05) is 30.3 Å². The van der Waals surface area contributed by atoms with Gasteiger partial charge in [-0.05, 0) is 30.0 Å². The minimum atomic E-state index is 0.389. The van der Waals surface area contributed by atoms with Crippen molar-refractivity contribution in [2.75, 3.05) is 12.9 Å². The molecule has 0 radical (unpaired) electrons. The summed E-state index contributed by atoms with van der Waals surface area (Å²) in [6.45, 7) is 1.69. The van der Waals surface area contributed by atoms with Crippen LogP contribution in [-0.2, 0) is 6.54 Å². The van der Waals surface area contributed by atoms with E-state index in [2.05, 4.69) is 54.0 Å². The van der Waals surface area contributed by atoms with E-state index in [-0.39, 0.29) is 0 Å². The first-order valence-corrected chi connectivity index (χ1v) is 8.17. The van der Waals surface area contributed by atoms with Gasteiger partial charge in [0.05, 0.1) is 6.61 Å². The monoisotopic (exact) mass is 285 g/mol. The van der Waals surface area contributed by atoms with Crippen molar-refractivity contribution in [3.8, 4) is 5.75 Å². The Morgan fingerprint density at radius 3 is 2.75 bits per heavy atom. The minimum Gasteiger partial charge on any atom is -0.493 e. The van der Waals surface area contributed by atoms with Crippen LogP contribution in [0.4, 0.5) is 0 Å². The van der Waals surface area contributed by atoms with E-state index in [0.29, 0.717) is 6.04 Å². The molecule has 0 saturated heterocycles. The van der Waals surface area contributed by atoms with Crippen molar-refractivity contribution in [1.82, 2.24) is 5.32 Å². The van der Waals surface area contributed by atoms with Crippen LogP contribution in [0, 0.1) is 0 Å². The van der Waals surface area contributed by atoms with Crippen molar-refractivity contribution >= 4 is 11.8 Å². The molecule has 1 heterocycles. The van der Waals surface area contributed by atoms with Gasteiger partial charge in [-0.25, -0.2) is 0 Å². The lowest BCUT2D eigenvalue weighted by Crippen LogP contribution is -2.26. The molecule has 0 amide bonds. The summed E-state index contributed by atoms with van der Waals surface area (Å²) in [4.78, 5) is 1.31. The molecule has 1 atom stereocenters. The van der Waals surface area contributed by atoms with E-state index in [1.54, 1.807) is 11.8 Å². The third-order valence-corrected chi connectivity index (χ3v) is 4.41. The molecule has 1 unspecified atom stereocenters. The van der Waals surface area contributed by atoms with Gasteiger partial charge in [0.1, 0.15) is 5.75 Å². The van der Waals surface area contributed by atoms with Crippen LogP contribution < -0.4 is 10.1 Å². The molecule has 0 fully saturated rings. The topological polar surface area (TPSA) is 21.3 Å². The van der Waals surface area contributed by atoms with Crippen LogP contribution in [0.5, 0.6) is 5.75 Å². The van der Waals surface area contributed by atoms with Gasteiger partial charge < -0.3 is 10.1 Å². The zero-order valence-electron chi connectivity index (χ0n) is 11.6. The van der Waals surface area contributed by atoms with Crippen molar-refractivity contribution in [3.05, 3.63) is 59.7 Å². The summed E-state index contributed by atoms with van der Waals surface area (Å²) in [6.07, 6.45) is 3.13. The summed E-state index contributed by atoms with van der Waals surface area (Å²) in [7, 11) is 0. The second-order valence-corrected chi connectivity index (χ2v) is 5.84. The van der Waals surface area contributed by atoms with Crippen molar-refractivity contribution in [2.24, 2.45) is 0 Å². The van der Waals surface area contributed by atoms with Crippen LogP contribution >= 0.6 is 11.8 Å². The molecular weight excluding hydrogens is 266 g/mol. The SMILES string of the molecule is CSc1ccc(CNC2CCOc3ccccc32)cc1. The maximum atomic E-state index is 5.69. The van der Waals surface area contributed by atoms with Crippen LogP contribution in [-0.4, -0.2) is 12.9 Å². The lowest BCUT2D eigenvalue weighted by molar-refractivity contribution is 0.252. The summed E-state index contributed by atoms with van der Waals surface area (Å²) in [6, 6.07) is 17.5. The molecule has 20 heavy (non-hydrogen) atoms. The zero-order chi connectivity index (χ0) is 13.8. The van der Waals surface area contributed by atoms with Gasteiger partial charge >= 0.3 is 0 Å². The van der Waals surface area contributed by atoms with Crippen LogP contribution in [0.3, 0.4) is 0 Å². The Labute approximate surface area is 124 Å². The summed E-state index contributed by atoms with van der Waals surface area (Å²) < 4.78 is 5.69. The molecule has 104 valence electrons. The quantitative estimate of drug-likeness (QED) is 0.857. The van der Waals surface area contributed by atoms with Gasteiger partial charge in [-0.15, -0.1) is 11.8 Å². The third kappa shape index (κ3) is 3.00. The van der Waals surface area contributed by atoms with Crippen LogP contribution in [0.2, 0.25) is 0 Å². The highest BCUT2D eigenvalue weighted by Crippen LogP contribution is 2.31. The maximum absolute atomic E-state index is 5.69. The van der Waals surface area contributed by atoms with E-state index in [4.69, 9.17) is 4.74 Å².